The zero-order chi connectivity index (χ0) is 17.5. The number of carbonyl (C=O) groups excluding carboxylic acids is 1. The second-order valence-electron chi connectivity index (χ2n) is 5.14. The Kier molecular flexibility index (Phi) is 6.40. The largest absolute Gasteiger partial charge is 0.495 e. The Labute approximate surface area is 146 Å². The van der Waals surface area contributed by atoms with Crippen molar-refractivity contribution in [2.24, 2.45) is 0 Å². The second kappa shape index (κ2) is 8.52. The van der Waals surface area contributed by atoms with Crippen molar-refractivity contribution < 1.29 is 14.3 Å². The lowest BCUT2D eigenvalue weighted by atomic mass is 10.2. The predicted octanol–water partition coefficient (Wildman–Crippen LogP) is 3.36. The van der Waals surface area contributed by atoms with Crippen LogP contribution in [0.1, 0.15) is 15.9 Å². The summed E-state index contributed by atoms with van der Waals surface area (Å²) >= 11 is 6.08. The van der Waals surface area contributed by atoms with Gasteiger partial charge >= 0.3 is 0 Å². The molecule has 2 aromatic rings. The van der Waals surface area contributed by atoms with E-state index >= 15 is 0 Å². The number of aromatic nitrogens is 1. The molecule has 0 radical (unpaired) electrons. The first-order chi connectivity index (χ1) is 11.5. The SMILES string of the molecule is COCCNc1cncc(C(=O)Nc2cc(C)c(Cl)cc2OC)c1. The number of rotatable bonds is 7. The van der Waals surface area contributed by atoms with Crippen molar-refractivity contribution in [3.63, 3.8) is 0 Å². The maximum Gasteiger partial charge on any atom is 0.257 e. The Morgan fingerprint density at radius 2 is 2.04 bits per heavy atom. The maximum atomic E-state index is 12.5. The van der Waals surface area contributed by atoms with Gasteiger partial charge in [0.1, 0.15) is 5.75 Å². The first kappa shape index (κ1) is 18.0. The lowest BCUT2D eigenvalue weighted by Gasteiger charge is -2.13. The molecule has 0 aliphatic rings. The quantitative estimate of drug-likeness (QED) is 0.750. The van der Waals surface area contributed by atoms with Crippen LogP contribution in [0.2, 0.25) is 5.02 Å². The molecule has 6 nitrogen and oxygen atoms in total. The number of nitrogens with zero attached hydrogens (tertiary/aromatic N) is 1. The van der Waals surface area contributed by atoms with Gasteiger partial charge in [0.05, 0.1) is 30.7 Å². The number of carbonyl (C=O) groups is 1. The minimum Gasteiger partial charge on any atom is -0.495 e. The van der Waals surface area contributed by atoms with E-state index in [0.717, 1.165) is 11.3 Å². The van der Waals surface area contributed by atoms with E-state index in [4.69, 9.17) is 21.1 Å². The minimum absolute atomic E-state index is 0.280. The van der Waals surface area contributed by atoms with E-state index < -0.39 is 0 Å². The molecule has 1 amide bonds. The summed E-state index contributed by atoms with van der Waals surface area (Å²) in [6.07, 6.45) is 3.16. The molecule has 0 spiro atoms. The standard InChI is InChI=1S/C17H20ClN3O3/c1-11-6-15(16(24-3)8-14(11)18)21-17(22)12-7-13(10-19-9-12)20-4-5-23-2/h6-10,20H,4-5H2,1-3H3,(H,21,22). The third kappa shape index (κ3) is 4.59. The lowest BCUT2D eigenvalue weighted by molar-refractivity contribution is 0.102. The summed E-state index contributed by atoms with van der Waals surface area (Å²) in [6, 6.07) is 5.17. The average Bonchev–Trinajstić information content (AvgIpc) is 2.58. The Morgan fingerprint density at radius 1 is 1.25 bits per heavy atom. The smallest absolute Gasteiger partial charge is 0.257 e. The highest BCUT2D eigenvalue weighted by Gasteiger charge is 2.12. The molecule has 0 saturated carbocycles. The summed E-state index contributed by atoms with van der Waals surface area (Å²) in [7, 11) is 3.16. The van der Waals surface area contributed by atoms with E-state index in [0.29, 0.717) is 35.2 Å². The summed E-state index contributed by atoms with van der Waals surface area (Å²) in [5.74, 6) is 0.221. The molecule has 0 unspecified atom stereocenters. The number of anilines is 2. The molecule has 0 fully saturated rings. The highest BCUT2D eigenvalue weighted by atomic mass is 35.5. The number of methoxy groups -OCH3 is 2. The van der Waals surface area contributed by atoms with Crippen molar-refractivity contribution in [2.45, 2.75) is 6.92 Å². The summed E-state index contributed by atoms with van der Waals surface area (Å²) in [4.78, 5) is 16.6. The molecular formula is C17H20ClN3O3. The molecular weight excluding hydrogens is 330 g/mol. The Morgan fingerprint density at radius 3 is 2.75 bits per heavy atom. The Balaban J connectivity index is 2.15. The molecule has 1 aromatic carbocycles. The van der Waals surface area contributed by atoms with E-state index in [9.17, 15) is 4.79 Å². The lowest BCUT2D eigenvalue weighted by Crippen LogP contribution is -2.14. The van der Waals surface area contributed by atoms with Crippen LogP contribution in [0.4, 0.5) is 11.4 Å². The van der Waals surface area contributed by atoms with Gasteiger partial charge in [-0.05, 0) is 24.6 Å². The molecule has 7 heteroatoms. The number of aryl methyl sites for hydroxylation is 1. The van der Waals surface area contributed by atoms with Crippen molar-refractivity contribution in [3.05, 3.63) is 46.7 Å². The fourth-order valence-electron chi connectivity index (χ4n) is 2.08. The molecule has 2 N–H and O–H groups in total. The minimum atomic E-state index is -0.280. The first-order valence-corrected chi connectivity index (χ1v) is 7.76. The normalized spacial score (nSPS) is 10.3. The number of halogens is 1. The third-order valence-corrected chi connectivity index (χ3v) is 3.77. The summed E-state index contributed by atoms with van der Waals surface area (Å²) in [5.41, 5.74) is 2.59. The van der Waals surface area contributed by atoms with Crippen molar-refractivity contribution in [1.82, 2.24) is 4.98 Å². The highest BCUT2D eigenvalue weighted by Crippen LogP contribution is 2.31. The van der Waals surface area contributed by atoms with E-state index in [1.807, 2.05) is 6.92 Å². The third-order valence-electron chi connectivity index (χ3n) is 3.36. The van der Waals surface area contributed by atoms with Crippen LogP contribution in [-0.2, 0) is 4.74 Å². The number of hydrogen-bond acceptors (Lipinski definition) is 5. The molecule has 1 aromatic heterocycles. The van der Waals surface area contributed by atoms with Gasteiger partial charge in [0.25, 0.3) is 5.91 Å². The Bertz CT molecular complexity index is 722. The van der Waals surface area contributed by atoms with Gasteiger partial charge in [-0.25, -0.2) is 0 Å². The van der Waals surface area contributed by atoms with Crippen LogP contribution >= 0.6 is 11.6 Å². The second-order valence-corrected chi connectivity index (χ2v) is 5.54. The van der Waals surface area contributed by atoms with Crippen LogP contribution in [0.5, 0.6) is 5.75 Å². The van der Waals surface area contributed by atoms with Gasteiger partial charge < -0.3 is 20.1 Å². The van der Waals surface area contributed by atoms with E-state index in [1.54, 1.807) is 31.5 Å². The average molecular weight is 350 g/mol. The van der Waals surface area contributed by atoms with Crippen LogP contribution in [0, 0.1) is 6.92 Å². The molecule has 0 saturated heterocycles. The molecule has 2 rings (SSSR count). The van der Waals surface area contributed by atoms with E-state index in [-0.39, 0.29) is 5.91 Å². The number of benzene rings is 1. The number of ether oxygens (including phenoxy) is 2. The fraction of sp³-hybridized carbons (Fsp3) is 0.294. The van der Waals surface area contributed by atoms with Gasteiger partial charge in [0, 0.05) is 37.1 Å². The predicted molar refractivity (Wildman–Crippen MR) is 95.3 cm³/mol. The van der Waals surface area contributed by atoms with Crippen LogP contribution in [0.15, 0.2) is 30.6 Å². The van der Waals surface area contributed by atoms with Crippen molar-refractivity contribution >= 4 is 28.9 Å². The van der Waals surface area contributed by atoms with Gasteiger partial charge in [-0.3, -0.25) is 9.78 Å². The Hall–Kier alpha value is -2.31. The van der Waals surface area contributed by atoms with Crippen LogP contribution < -0.4 is 15.4 Å². The van der Waals surface area contributed by atoms with Crippen molar-refractivity contribution in [1.29, 1.82) is 0 Å². The number of nitrogens with one attached hydrogen (secondary N) is 2. The number of pyridine rings is 1. The van der Waals surface area contributed by atoms with E-state index in [2.05, 4.69) is 15.6 Å². The summed E-state index contributed by atoms with van der Waals surface area (Å²) in [5, 5.41) is 6.54. The number of amides is 1. The highest BCUT2D eigenvalue weighted by molar-refractivity contribution is 6.31. The van der Waals surface area contributed by atoms with Gasteiger partial charge in [0.2, 0.25) is 0 Å². The monoisotopic (exact) mass is 349 g/mol. The van der Waals surface area contributed by atoms with Crippen LogP contribution in [0.25, 0.3) is 0 Å². The van der Waals surface area contributed by atoms with Crippen molar-refractivity contribution in [2.75, 3.05) is 38.0 Å². The zero-order valence-corrected chi connectivity index (χ0v) is 14.6. The molecule has 1 heterocycles. The van der Waals surface area contributed by atoms with Gasteiger partial charge in [-0.15, -0.1) is 0 Å². The van der Waals surface area contributed by atoms with Crippen LogP contribution in [-0.4, -0.2) is 38.3 Å². The van der Waals surface area contributed by atoms with Gasteiger partial charge in [0.15, 0.2) is 0 Å². The fourth-order valence-corrected chi connectivity index (χ4v) is 2.24. The van der Waals surface area contributed by atoms with Crippen molar-refractivity contribution in [3.8, 4) is 5.75 Å². The number of hydrogen-bond donors (Lipinski definition) is 2. The molecule has 0 aliphatic heterocycles. The first-order valence-electron chi connectivity index (χ1n) is 7.38. The van der Waals surface area contributed by atoms with E-state index in [1.165, 1.54) is 13.3 Å². The maximum absolute atomic E-state index is 12.5. The molecule has 24 heavy (non-hydrogen) atoms. The topological polar surface area (TPSA) is 72.5 Å². The molecule has 128 valence electrons. The van der Waals surface area contributed by atoms with Crippen LogP contribution in [0.3, 0.4) is 0 Å². The molecule has 0 aliphatic carbocycles. The zero-order valence-electron chi connectivity index (χ0n) is 13.9. The molecule has 0 atom stereocenters. The summed E-state index contributed by atoms with van der Waals surface area (Å²) in [6.45, 7) is 3.06. The van der Waals surface area contributed by atoms with Gasteiger partial charge in [-0.1, -0.05) is 11.6 Å². The summed E-state index contributed by atoms with van der Waals surface area (Å²) < 4.78 is 10.2. The van der Waals surface area contributed by atoms with Gasteiger partial charge in [-0.2, -0.15) is 0 Å². The molecule has 0 bridgehead atoms.